The first-order chi connectivity index (χ1) is 7.41. The van der Waals surface area contributed by atoms with Crippen LogP contribution in [0.15, 0.2) is 0 Å². The van der Waals surface area contributed by atoms with Gasteiger partial charge in [-0.25, -0.2) is 0 Å². The fraction of sp³-hybridized carbons (Fsp3) is 0.923. The lowest BCUT2D eigenvalue weighted by Crippen LogP contribution is -2.51. The van der Waals surface area contributed by atoms with Gasteiger partial charge in [-0.05, 0) is 18.3 Å². The Hall–Kier alpha value is -0.570. The molecule has 1 aliphatic carbocycles. The van der Waals surface area contributed by atoms with E-state index in [-0.39, 0.29) is 11.3 Å². The van der Waals surface area contributed by atoms with Crippen molar-refractivity contribution in [3.63, 3.8) is 0 Å². The largest absolute Gasteiger partial charge is 0.352 e. The topological polar surface area (TPSA) is 55.1 Å². The molecule has 0 bridgehead atoms. The van der Waals surface area contributed by atoms with E-state index in [9.17, 15) is 4.79 Å². The Kier molecular flexibility index (Phi) is 4.78. The van der Waals surface area contributed by atoms with Crippen LogP contribution >= 0.6 is 0 Å². The number of amides is 1. The Balaban J connectivity index is 2.43. The molecule has 1 aliphatic rings. The van der Waals surface area contributed by atoms with Crippen LogP contribution in [0.5, 0.6) is 0 Å². The van der Waals surface area contributed by atoms with E-state index < -0.39 is 6.04 Å². The van der Waals surface area contributed by atoms with Gasteiger partial charge in [0.15, 0.2) is 0 Å². The van der Waals surface area contributed by atoms with Crippen LogP contribution in [0.1, 0.15) is 59.3 Å². The minimum Gasteiger partial charge on any atom is -0.352 e. The molecule has 0 aliphatic heterocycles. The van der Waals surface area contributed by atoms with Crippen molar-refractivity contribution in [2.24, 2.45) is 11.1 Å². The van der Waals surface area contributed by atoms with E-state index in [0.717, 1.165) is 12.8 Å². The molecule has 0 spiro atoms. The van der Waals surface area contributed by atoms with Crippen molar-refractivity contribution in [3.05, 3.63) is 0 Å². The van der Waals surface area contributed by atoms with E-state index >= 15 is 0 Å². The van der Waals surface area contributed by atoms with Crippen molar-refractivity contribution in [3.8, 4) is 0 Å². The van der Waals surface area contributed by atoms with Crippen molar-refractivity contribution in [2.45, 2.75) is 71.4 Å². The second kappa shape index (κ2) is 5.67. The fourth-order valence-electron chi connectivity index (χ4n) is 2.11. The Morgan fingerprint density at radius 1 is 1.19 bits per heavy atom. The number of hydrogen-bond donors (Lipinski definition) is 2. The van der Waals surface area contributed by atoms with E-state index in [1.807, 2.05) is 20.8 Å². The molecular weight excluding hydrogens is 200 g/mol. The lowest BCUT2D eigenvalue weighted by Gasteiger charge is -2.28. The molecule has 1 saturated carbocycles. The molecule has 1 rings (SSSR count). The number of rotatable bonds is 2. The normalized spacial score (nSPS) is 21.2. The van der Waals surface area contributed by atoms with Crippen molar-refractivity contribution in [1.82, 2.24) is 5.32 Å². The molecule has 0 aromatic carbocycles. The van der Waals surface area contributed by atoms with Crippen molar-refractivity contribution >= 4 is 5.91 Å². The third-order valence-corrected chi connectivity index (χ3v) is 3.42. The van der Waals surface area contributed by atoms with Crippen molar-refractivity contribution < 1.29 is 4.79 Å². The molecule has 3 nitrogen and oxygen atoms in total. The number of nitrogens with one attached hydrogen (secondary N) is 1. The first kappa shape index (κ1) is 13.5. The van der Waals surface area contributed by atoms with E-state index in [0.29, 0.717) is 6.04 Å². The third kappa shape index (κ3) is 4.12. The van der Waals surface area contributed by atoms with E-state index in [1.54, 1.807) is 0 Å². The van der Waals surface area contributed by atoms with E-state index in [2.05, 4.69) is 5.32 Å². The quantitative estimate of drug-likeness (QED) is 0.709. The van der Waals surface area contributed by atoms with Gasteiger partial charge in [-0.3, -0.25) is 4.79 Å². The lowest BCUT2D eigenvalue weighted by atomic mass is 9.86. The summed E-state index contributed by atoms with van der Waals surface area (Å²) in [6, 6.07) is -0.0563. The van der Waals surface area contributed by atoms with Gasteiger partial charge >= 0.3 is 0 Å². The van der Waals surface area contributed by atoms with Gasteiger partial charge in [-0.15, -0.1) is 0 Å². The predicted molar refractivity (Wildman–Crippen MR) is 67.1 cm³/mol. The third-order valence-electron chi connectivity index (χ3n) is 3.42. The summed E-state index contributed by atoms with van der Waals surface area (Å²) in [7, 11) is 0. The summed E-state index contributed by atoms with van der Waals surface area (Å²) >= 11 is 0. The molecule has 0 saturated heterocycles. The van der Waals surface area contributed by atoms with Crippen LogP contribution in [0.25, 0.3) is 0 Å². The first-order valence-corrected chi connectivity index (χ1v) is 6.47. The maximum atomic E-state index is 11.9. The Morgan fingerprint density at radius 2 is 1.69 bits per heavy atom. The molecule has 1 fully saturated rings. The summed E-state index contributed by atoms with van der Waals surface area (Å²) in [5.41, 5.74) is 5.78. The molecule has 3 N–H and O–H groups in total. The molecule has 1 atom stereocenters. The summed E-state index contributed by atoms with van der Waals surface area (Å²) in [6.07, 6.45) is 7.30. The Labute approximate surface area is 99.2 Å². The maximum Gasteiger partial charge on any atom is 0.237 e. The zero-order valence-electron chi connectivity index (χ0n) is 10.9. The number of carbonyl (C=O) groups excluding carboxylic acids is 1. The predicted octanol–water partition coefficient (Wildman–Crippen LogP) is 2.20. The van der Waals surface area contributed by atoms with Crippen LogP contribution in [0.2, 0.25) is 0 Å². The van der Waals surface area contributed by atoms with Crippen molar-refractivity contribution in [2.75, 3.05) is 0 Å². The van der Waals surface area contributed by atoms with Gasteiger partial charge in [0.05, 0.1) is 6.04 Å². The smallest absolute Gasteiger partial charge is 0.237 e. The summed E-state index contributed by atoms with van der Waals surface area (Å²) in [5, 5.41) is 3.10. The lowest BCUT2D eigenvalue weighted by molar-refractivity contribution is -0.125. The van der Waals surface area contributed by atoms with Crippen LogP contribution < -0.4 is 11.1 Å². The highest BCUT2D eigenvalue weighted by Gasteiger charge is 2.28. The molecule has 0 radical (unpaired) electrons. The Morgan fingerprint density at radius 3 is 2.12 bits per heavy atom. The summed E-state index contributed by atoms with van der Waals surface area (Å²) in [5.74, 6) is 0.0133. The molecule has 1 amide bonds. The number of hydrogen-bond acceptors (Lipinski definition) is 2. The van der Waals surface area contributed by atoms with Crippen LogP contribution in [-0.4, -0.2) is 18.0 Å². The minimum absolute atomic E-state index is 0.0133. The summed E-state index contributed by atoms with van der Waals surface area (Å²) < 4.78 is 0. The van der Waals surface area contributed by atoms with Gasteiger partial charge < -0.3 is 11.1 Å². The Bertz CT molecular complexity index is 225. The second-order valence-corrected chi connectivity index (χ2v) is 6.04. The molecule has 0 aromatic heterocycles. The first-order valence-electron chi connectivity index (χ1n) is 6.47. The van der Waals surface area contributed by atoms with Gasteiger partial charge in [-0.2, -0.15) is 0 Å². The monoisotopic (exact) mass is 226 g/mol. The fourth-order valence-corrected chi connectivity index (χ4v) is 2.11. The van der Waals surface area contributed by atoms with Gasteiger partial charge in [0.1, 0.15) is 0 Å². The highest BCUT2D eigenvalue weighted by atomic mass is 16.2. The standard InChI is InChI=1S/C13H26N2O/c1-13(2,3)11(14)12(16)15-10-8-6-4-5-7-9-10/h10-11H,4-9,14H2,1-3H3,(H,15,16)/t11-/m0/s1. The van der Waals surface area contributed by atoms with Crippen LogP contribution in [0.3, 0.4) is 0 Å². The molecule has 94 valence electrons. The SMILES string of the molecule is CC(C)(C)[C@@H](N)C(=O)NC1CCCCCC1. The van der Waals surface area contributed by atoms with Gasteiger partial charge in [0, 0.05) is 6.04 Å². The van der Waals surface area contributed by atoms with Gasteiger partial charge in [0.2, 0.25) is 5.91 Å². The number of carbonyl (C=O) groups is 1. The number of nitrogens with two attached hydrogens (primary N) is 1. The van der Waals surface area contributed by atoms with Gasteiger partial charge in [-0.1, -0.05) is 46.5 Å². The average Bonchev–Trinajstić information content (AvgIpc) is 2.43. The molecule has 0 unspecified atom stereocenters. The highest BCUT2D eigenvalue weighted by Crippen LogP contribution is 2.20. The average molecular weight is 226 g/mol. The molecular formula is C13H26N2O. The van der Waals surface area contributed by atoms with Crippen molar-refractivity contribution in [1.29, 1.82) is 0 Å². The highest BCUT2D eigenvalue weighted by molar-refractivity contribution is 5.82. The molecule has 16 heavy (non-hydrogen) atoms. The molecule has 3 heteroatoms. The van der Waals surface area contributed by atoms with Gasteiger partial charge in [0.25, 0.3) is 0 Å². The second-order valence-electron chi connectivity index (χ2n) is 6.04. The van der Waals surface area contributed by atoms with E-state index in [4.69, 9.17) is 5.73 Å². The van der Waals surface area contributed by atoms with E-state index in [1.165, 1.54) is 25.7 Å². The minimum atomic E-state index is -0.407. The molecule has 0 aromatic rings. The van der Waals surface area contributed by atoms with Crippen LogP contribution in [0, 0.1) is 5.41 Å². The van der Waals surface area contributed by atoms with Crippen LogP contribution in [-0.2, 0) is 4.79 Å². The zero-order chi connectivity index (χ0) is 12.2. The maximum absolute atomic E-state index is 11.9. The summed E-state index contributed by atoms with van der Waals surface area (Å²) in [6.45, 7) is 6.01. The summed E-state index contributed by atoms with van der Waals surface area (Å²) in [4.78, 5) is 11.9. The molecule has 0 heterocycles. The van der Waals surface area contributed by atoms with Crippen LogP contribution in [0.4, 0.5) is 0 Å². The zero-order valence-corrected chi connectivity index (χ0v) is 10.9.